The maximum atomic E-state index is 9.85. The summed E-state index contributed by atoms with van der Waals surface area (Å²) in [5.41, 5.74) is 2.45. The Morgan fingerprint density at radius 2 is 1.92 bits per heavy atom. The number of hydrogen-bond acceptors (Lipinski definition) is 1. The zero-order chi connectivity index (χ0) is 8.60. The van der Waals surface area contributed by atoms with Crippen molar-refractivity contribution in [3.63, 3.8) is 0 Å². The van der Waals surface area contributed by atoms with Gasteiger partial charge < -0.3 is 5.11 Å². The zero-order valence-corrected chi connectivity index (χ0v) is 7.64. The van der Waals surface area contributed by atoms with Crippen LogP contribution in [-0.2, 0) is 0 Å². The number of hydrogen-bond donors (Lipinski definition) is 1. The quantitative estimate of drug-likeness (QED) is 0.583. The highest BCUT2D eigenvalue weighted by Crippen LogP contribution is 2.37. The summed E-state index contributed by atoms with van der Waals surface area (Å²) in [4.78, 5) is 0. The van der Waals surface area contributed by atoms with E-state index in [1.165, 1.54) is 17.6 Å². The molecule has 12 heavy (non-hydrogen) atoms. The summed E-state index contributed by atoms with van der Waals surface area (Å²) in [6.07, 6.45) is 9.84. The van der Waals surface area contributed by atoms with E-state index in [9.17, 15) is 5.11 Å². The van der Waals surface area contributed by atoms with E-state index in [0.717, 1.165) is 25.7 Å². The fourth-order valence-electron chi connectivity index (χ4n) is 2.13. The Labute approximate surface area is 73.8 Å². The van der Waals surface area contributed by atoms with Gasteiger partial charge in [-0.3, -0.25) is 0 Å². The van der Waals surface area contributed by atoms with E-state index in [0.29, 0.717) is 0 Å². The summed E-state index contributed by atoms with van der Waals surface area (Å²) < 4.78 is 0. The summed E-state index contributed by atoms with van der Waals surface area (Å²) in [6, 6.07) is 0. The third-order valence-corrected chi connectivity index (χ3v) is 2.86. The average molecular weight is 164 g/mol. The van der Waals surface area contributed by atoms with E-state index in [1.54, 1.807) is 0 Å². The van der Waals surface area contributed by atoms with Crippen molar-refractivity contribution in [2.24, 2.45) is 0 Å². The van der Waals surface area contributed by atoms with E-state index in [1.807, 2.05) is 6.92 Å². The molecule has 0 radical (unpaired) electrons. The molecule has 0 aliphatic heterocycles. The molecular weight excluding hydrogens is 148 g/mol. The lowest BCUT2D eigenvalue weighted by molar-refractivity contribution is 0.0452. The monoisotopic (exact) mass is 164 g/mol. The Hall–Kier alpha value is -0.560. The van der Waals surface area contributed by atoms with Gasteiger partial charge in [0.15, 0.2) is 0 Å². The maximum absolute atomic E-state index is 9.85. The molecule has 0 spiro atoms. The lowest BCUT2D eigenvalue weighted by Gasteiger charge is -2.33. The minimum atomic E-state index is -0.444. The predicted molar refractivity (Wildman–Crippen MR) is 49.9 cm³/mol. The van der Waals surface area contributed by atoms with E-state index >= 15 is 0 Å². The van der Waals surface area contributed by atoms with Gasteiger partial charge in [-0.25, -0.2) is 0 Å². The first kappa shape index (κ1) is 8.06. The predicted octanol–water partition coefficient (Wildman–Crippen LogP) is 2.57. The van der Waals surface area contributed by atoms with Crippen LogP contribution >= 0.6 is 0 Å². The molecule has 1 nitrogen and oxygen atoms in total. The van der Waals surface area contributed by atoms with Gasteiger partial charge in [-0.2, -0.15) is 0 Å². The van der Waals surface area contributed by atoms with Crippen molar-refractivity contribution in [1.82, 2.24) is 0 Å². The van der Waals surface area contributed by atoms with Gasteiger partial charge in [0.1, 0.15) is 0 Å². The van der Waals surface area contributed by atoms with Gasteiger partial charge in [-0.1, -0.05) is 12.2 Å². The Morgan fingerprint density at radius 1 is 1.25 bits per heavy atom. The first-order valence-electron chi connectivity index (χ1n) is 4.78. The first-order chi connectivity index (χ1) is 5.67. The number of aliphatic hydroxyl groups is 1. The van der Waals surface area contributed by atoms with Crippen molar-refractivity contribution in [3.05, 3.63) is 23.3 Å². The molecule has 0 saturated heterocycles. The van der Waals surface area contributed by atoms with Crippen LogP contribution in [0, 0.1) is 0 Å². The highest BCUT2D eigenvalue weighted by atomic mass is 16.3. The molecule has 0 aromatic carbocycles. The van der Waals surface area contributed by atoms with Crippen LogP contribution in [0.1, 0.15) is 39.0 Å². The average Bonchev–Trinajstić information content (AvgIpc) is 2.02. The lowest BCUT2D eigenvalue weighted by atomic mass is 9.77. The molecule has 0 aromatic heterocycles. The lowest BCUT2D eigenvalue weighted by Crippen LogP contribution is -2.29. The molecule has 1 atom stereocenters. The minimum absolute atomic E-state index is 0.444. The van der Waals surface area contributed by atoms with Crippen LogP contribution in [0.2, 0.25) is 0 Å². The molecule has 1 saturated carbocycles. The first-order valence-corrected chi connectivity index (χ1v) is 4.78. The molecule has 1 fully saturated rings. The highest BCUT2D eigenvalue weighted by Gasteiger charge is 2.29. The van der Waals surface area contributed by atoms with Crippen molar-refractivity contribution < 1.29 is 5.11 Å². The molecule has 0 aromatic rings. The van der Waals surface area contributed by atoms with Gasteiger partial charge >= 0.3 is 0 Å². The van der Waals surface area contributed by atoms with E-state index < -0.39 is 5.60 Å². The van der Waals surface area contributed by atoms with E-state index in [-0.39, 0.29) is 0 Å². The van der Waals surface area contributed by atoms with Gasteiger partial charge in [0, 0.05) is 6.42 Å². The van der Waals surface area contributed by atoms with Gasteiger partial charge in [-0.05, 0) is 43.8 Å². The summed E-state index contributed by atoms with van der Waals surface area (Å²) in [5, 5.41) is 9.85. The van der Waals surface area contributed by atoms with Crippen LogP contribution < -0.4 is 0 Å². The summed E-state index contributed by atoms with van der Waals surface area (Å²) >= 11 is 0. The fraction of sp³-hybridized carbons (Fsp3) is 0.636. The molecule has 0 heterocycles. The van der Waals surface area contributed by atoms with Crippen molar-refractivity contribution in [1.29, 1.82) is 0 Å². The number of fused-ring (bicyclic) bond motifs is 1. The molecule has 1 unspecified atom stereocenters. The standard InChI is InChI=1S/C11H16O/c1-11(12)7-6-9-4-2-3-5-10(9)8-11/h4-5,12H,2-3,6-8H2,1H3. The Morgan fingerprint density at radius 3 is 2.67 bits per heavy atom. The Kier molecular flexibility index (Phi) is 1.84. The van der Waals surface area contributed by atoms with Crippen LogP contribution in [0.15, 0.2) is 23.3 Å². The smallest absolute Gasteiger partial charge is 0.0663 e. The molecule has 1 heteroatoms. The Bertz CT molecular complexity index is 246. The zero-order valence-electron chi connectivity index (χ0n) is 7.64. The molecule has 2 rings (SSSR count). The van der Waals surface area contributed by atoms with Crippen molar-refractivity contribution in [2.45, 2.75) is 44.6 Å². The molecule has 66 valence electrons. The van der Waals surface area contributed by atoms with E-state index in [4.69, 9.17) is 0 Å². The van der Waals surface area contributed by atoms with Crippen LogP contribution in [0.25, 0.3) is 0 Å². The third-order valence-electron chi connectivity index (χ3n) is 2.86. The van der Waals surface area contributed by atoms with E-state index in [2.05, 4.69) is 12.2 Å². The second-order valence-corrected chi connectivity index (χ2v) is 4.21. The second-order valence-electron chi connectivity index (χ2n) is 4.21. The molecule has 1 N–H and O–H groups in total. The third kappa shape index (κ3) is 1.46. The molecule has 2 aliphatic rings. The summed E-state index contributed by atoms with van der Waals surface area (Å²) in [7, 11) is 0. The van der Waals surface area contributed by atoms with Crippen molar-refractivity contribution in [3.8, 4) is 0 Å². The van der Waals surface area contributed by atoms with Crippen LogP contribution in [0.4, 0.5) is 0 Å². The molecule has 0 bridgehead atoms. The summed E-state index contributed by atoms with van der Waals surface area (Å²) in [6.45, 7) is 1.94. The summed E-state index contributed by atoms with van der Waals surface area (Å²) in [5.74, 6) is 0. The van der Waals surface area contributed by atoms with Crippen LogP contribution in [-0.4, -0.2) is 10.7 Å². The molecular formula is C11H16O. The molecule has 0 amide bonds. The maximum Gasteiger partial charge on any atom is 0.0663 e. The van der Waals surface area contributed by atoms with Gasteiger partial charge in [0.25, 0.3) is 0 Å². The van der Waals surface area contributed by atoms with Crippen LogP contribution in [0.5, 0.6) is 0 Å². The second kappa shape index (κ2) is 2.74. The topological polar surface area (TPSA) is 20.2 Å². The normalized spacial score (nSPS) is 35.2. The fourth-order valence-corrected chi connectivity index (χ4v) is 2.13. The van der Waals surface area contributed by atoms with Crippen LogP contribution in [0.3, 0.4) is 0 Å². The van der Waals surface area contributed by atoms with Gasteiger partial charge in [0.2, 0.25) is 0 Å². The van der Waals surface area contributed by atoms with Crippen molar-refractivity contribution >= 4 is 0 Å². The SMILES string of the molecule is CC1(O)CCC2=CCCC=C2C1. The Balaban J connectivity index is 2.19. The highest BCUT2D eigenvalue weighted by molar-refractivity contribution is 5.37. The largest absolute Gasteiger partial charge is 0.390 e. The molecule has 2 aliphatic carbocycles. The van der Waals surface area contributed by atoms with Gasteiger partial charge in [-0.15, -0.1) is 0 Å². The number of allylic oxidation sites excluding steroid dienone is 3. The number of rotatable bonds is 0. The van der Waals surface area contributed by atoms with Crippen molar-refractivity contribution in [2.75, 3.05) is 0 Å². The minimum Gasteiger partial charge on any atom is -0.390 e. The van der Waals surface area contributed by atoms with Gasteiger partial charge in [0.05, 0.1) is 5.60 Å².